The number of pyridine rings is 1. The first-order valence-electron chi connectivity index (χ1n) is 8.71. The zero-order valence-electron chi connectivity index (χ0n) is 15.3. The van der Waals surface area contributed by atoms with Gasteiger partial charge in [-0.05, 0) is 72.1 Å². The summed E-state index contributed by atoms with van der Waals surface area (Å²) in [6.07, 6.45) is 1.73. The second-order valence-corrected chi connectivity index (χ2v) is 6.61. The Hall–Kier alpha value is -2.08. The monoisotopic (exact) mass is 421 g/mol. The Kier molecular flexibility index (Phi) is 7.91. The van der Waals surface area contributed by atoms with Crippen LogP contribution in [0, 0.1) is 6.92 Å². The van der Waals surface area contributed by atoms with E-state index in [4.69, 9.17) is 14.2 Å². The molecule has 1 atom stereocenters. The molecule has 5 nitrogen and oxygen atoms in total. The predicted octanol–water partition coefficient (Wildman–Crippen LogP) is 5.01. The summed E-state index contributed by atoms with van der Waals surface area (Å²) in [6, 6.07) is 11.4. The molecule has 0 aliphatic carbocycles. The van der Waals surface area contributed by atoms with Crippen LogP contribution in [0.25, 0.3) is 0 Å². The highest BCUT2D eigenvalue weighted by Crippen LogP contribution is 2.29. The maximum Gasteiger partial charge on any atom is 0.344 e. The summed E-state index contributed by atoms with van der Waals surface area (Å²) in [7, 11) is 0. The highest BCUT2D eigenvalue weighted by molar-refractivity contribution is 9.10. The van der Waals surface area contributed by atoms with Gasteiger partial charge in [-0.15, -0.1) is 0 Å². The molecule has 0 radical (unpaired) electrons. The Morgan fingerprint density at radius 3 is 2.69 bits per heavy atom. The molecule has 0 N–H and O–H groups in total. The average Bonchev–Trinajstić information content (AvgIpc) is 2.61. The predicted molar refractivity (Wildman–Crippen MR) is 104 cm³/mol. The van der Waals surface area contributed by atoms with E-state index in [1.54, 1.807) is 13.0 Å². The lowest BCUT2D eigenvalue weighted by Crippen LogP contribution is -2.15. The lowest BCUT2D eigenvalue weighted by Gasteiger charge is -2.19. The Bertz CT molecular complexity index is 736. The second kappa shape index (κ2) is 10.2. The number of carbonyl (C=O) groups excluding carboxylic acids is 1. The quantitative estimate of drug-likeness (QED) is 0.420. The molecule has 1 heterocycles. The highest BCUT2D eigenvalue weighted by Gasteiger charge is 2.15. The van der Waals surface area contributed by atoms with Crippen LogP contribution in [0.4, 0.5) is 0 Å². The molecule has 0 saturated heterocycles. The van der Waals surface area contributed by atoms with Crippen molar-refractivity contribution in [2.24, 2.45) is 0 Å². The fourth-order valence-corrected chi connectivity index (χ4v) is 2.85. The minimum absolute atomic E-state index is 0.102. The van der Waals surface area contributed by atoms with E-state index in [0.717, 1.165) is 34.5 Å². The third-order valence-electron chi connectivity index (χ3n) is 3.69. The highest BCUT2D eigenvalue weighted by atomic mass is 79.9. The molecule has 0 aliphatic heterocycles. The number of hydrogen-bond acceptors (Lipinski definition) is 5. The average molecular weight is 422 g/mol. The van der Waals surface area contributed by atoms with E-state index in [0.29, 0.717) is 12.4 Å². The topological polar surface area (TPSA) is 57.7 Å². The van der Waals surface area contributed by atoms with Gasteiger partial charge in [-0.3, -0.25) is 0 Å². The second-order valence-electron chi connectivity index (χ2n) is 5.80. The Morgan fingerprint density at radius 1 is 1.23 bits per heavy atom. The third-order valence-corrected chi connectivity index (χ3v) is 4.13. The van der Waals surface area contributed by atoms with E-state index in [9.17, 15) is 4.79 Å². The van der Waals surface area contributed by atoms with Crippen LogP contribution < -0.4 is 9.47 Å². The minimum Gasteiger partial charge on any atom is -0.484 e. The molecular formula is C20H24BrNO4. The number of aryl methyl sites for hydroxylation is 1. The number of hydrogen-bond donors (Lipinski definition) is 0. The summed E-state index contributed by atoms with van der Waals surface area (Å²) in [4.78, 5) is 15.9. The first kappa shape index (κ1) is 20.2. The molecule has 0 fully saturated rings. The molecule has 0 spiro atoms. The fourth-order valence-electron chi connectivity index (χ4n) is 2.49. The van der Waals surface area contributed by atoms with E-state index >= 15 is 0 Å². The van der Waals surface area contributed by atoms with Gasteiger partial charge in [-0.25, -0.2) is 9.78 Å². The number of benzene rings is 1. The van der Waals surface area contributed by atoms with Crippen molar-refractivity contribution in [2.45, 2.75) is 39.7 Å². The Morgan fingerprint density at radius 2 is 2.04 bits per heavy atom. The molecule has 2 rings (SSSR count). The number of rotatable bonds is 9. The number of ether oxygens (including phenoxy) is 3. The van der Waals surface area contributed by atoms with Gasteiger partial charge in [0.25, 0.3) is 0 Å². The maximum absolute atomic E-state index is 11.4. The smallest absolute Gasteiger partial charge is 0.344 e. The van der Waals surface area contributed by atoms with Crippen molar-refractivity contribution in [3.05, 3.63) is 52.3 Å². The van der Waals surface area contributed by atoms with Crippen LogP contribution in [0.3, 0.4) is 0 Å². The van der Waals surface area contributed by atoms with E-state index in [1.165, 1.54) is 0 Å². The third kappa shape index (κ3) is 6.02. The van der Waals surface area contributed by atoms with E-state index in [1.807, 2.05) is 37.3 Å². The van der Waals surface area contributed by atoms with Crippen molar-refractivity contribution >= 4 is 21.9 Å². The van der Waals surface area contributed by atoms with Crippen molar-refractivity contribution in [1.82, 2.24) is 4.98 Å². The molecule has 0 amide bonds. The molecule has 6 heteroatoms. The summed E-state index contributed by atoms with van der Waals surface area (Å²) < 4.78 is 17.3. The molecule has 2 aromatic rings. The van der Waals surface area contributed by atoms with Gasteiger partial charge in [0, 0.05) is 0 Å². The summed E-state index contributed by atoms with van der Waals surface area (Å²) in [5.74, 6) is 1.00. The van der Waals surface area contributed by atoms with Crippen molar-refractivity contribution in [3.8, 4) is 11.5 Å². The SMILES string of the molecule is CCCC(Oc1ccc(OCC(=O)OCC)c(C)c1)c1cccc(Br)n1. The number of aromatic nitrogens is 1. The van der Waals surface area contributed by atoms with Crippen LogP contribution >= 0.6 is 15.9 Å². The van der Waals surface area contributed by atoms with Gasteiger partial charge >= 0.3 is 5.97 Å². The van der Waals surface area contributed by atoms with Crippen molar-refractivity contribution < 1.29 is 19.0 Å². The minimum atomic E-state index is -0.379. The van der Waals surface area contributed by atoms with Crippen molar-refractivity contribution in [3.63, 3.8) is 0 Å². The van der Waals surface area contributed by atoms with Crippen molar-refractivity contribution in [2.75, 3.05) is 13.2 Å². The zero-order valence-corrected chi connectivity index (χ0v) is 16.9. The van der Waals surface area contributed by atoms with Crippen LogP contribution in [0.15, 0.2) is 41.0 Å². The standard InChI is InChI=1S/C20H24BrNO4/c1-4-7-18(16-8-6-9-19(21)22-16)26-15-10-11-17(14(3)12-15)25-13-20(23)24-5-2/h6,8-12,18H,4-5,7,13H2,1-3H3. The lowest BCUT2D eigenvalue weighted by atomic mass is 10.1. The van der Waals surface area contributed by atoms with Crippen LogP contribution in [0.1, 0.15) is 44.1 Å². The maximum atomic E-state index is 11.4. The van der Waals surface area contributed by atoms with Gasteiger partial charge in [0.15, 0.2) is 6.61 Å². The molecular weight excluding hydrogens is 398 g/mol. The van der Waals surface area contributed by atoms with Crippen LogP contribution in [0.2, 0.25) is 0 Å². The largest absolute Gasteiger partial charge is 0.484 e. The summed E-state index contributed by atoms with van der Waals surface area (Å²) >= 11 is 3.41. The summed E-state index contributed by atoms with van der Waals surface area (Å²) in [5.41, 5.74) is 1.78. The van der Waals surface area contributed by atoms with Gasteiger partial charge in [0.2, 0.25) is 0 Å². The van der Waals surface area contributed by atoms with E-state index < -0.39 is 0 Å². The molecule has 0 bridgehead atoms. The normalized spacial score (nSPS) is 11.7. The van der Waals surface area contributed by atoms with Gasteiger partial charge < -0.3 is 14.2 Å². The first-order valence-corrected chi connectivity index (χ1v) is 9.51. The van der Waals surface area contributed by atoms with E-state index in [2.05, 4.69) is 27.8 Å². The van der Waals surface area contributed by atoms with Gasteiger partial charge in [-0.1, -0.05) is 19.4 Å². The first-order chi connectivity index (χ1) is 12.5. The molecule has 1 aromatic heterocycles. The molecule has 1 aromatic carbocycles. The Labute approximate surface area is 162 Å². The molecule has 0 saturated carbocycles. The number of carbonyl (C=O) groups is 1. The van der Waals surface area contributed by atoms with Gasteiger partial charge in [0.1, 0.15) is 22.2 Å². The lowest BCUT2D eigenvalue weighted by molar-refractivity contribution is -0.145. The van der Waals surface area contributed by atoms with Crippen LogP contribution in [0.5, 0.6) is 11.5 Å². The number of halogens is 1. The number of nitrogens with zero attached hydrogens (tertiary/aromatic N) is 1. The van der Waals surface area contributed by atoms with E-state index in [-0.39, 0.29) is 18.7 Å². The van der Waals surface area contributed by atoms with Crippen molar-refractivity contribution in [1.29, 1.82) is 0 Å². The van der Waals surface area contributed by atoms with Crippen LogP contribution in [-0.2, 0) is 9.53 Å². The molecule has 0 aliphatic rings. The number of esters is 1. The Balaban J connectivity index is 2.07. The molecule has 26 heavy (non-hydrogen) atoms. The van der Waals surface area contributed by atoms with Gasteiger partial charge in [0.05, 0.1) is 12.3 Å². The molecule has 140 valence electrons. The molecule has 1 unspecified atom stereocenters. The zero-order chi connectivity index (χ0) is 18.9. The summed E-state index contributed by atoms with van der Waals surface area (Å²) in [6.45, 7) is 6.04. The van der Waals surface area contributed by atoms with Crippen LogP contribution in [-0.4, -0.2) is 24.2 Å². The summed E-state index contributed by atoms with van der Waals surface area (Å²) in [5, 5.41) is 0. The fraction of sp³-hybridized carbons (Fsp3) is 0.400. The van der Waals surface area contributed by atoms with Gasteiger partial charge in [-0.2, -0.15) is 0 Å².